The fourth-order valence-corrected chi connectivity index (χ4v) is 3.66. The van der Waals surface area contributed by atoms with Gasteiger partial charge < -0.3 is 14.2 Å². The molecule has 1 aromatic heterocycles. The predicted molar refractivity (Wildman–Crippen MR) is 88.2 cm³/mol. The van der Waals surface area contributed by atoms with Crippen LogP contribution in [0.4, 0.5) is 0 Å². The summed E-state index contributed by atoms with van der Waals surface area (Å²) in [5.41, 5.74) is 1.13. The maximum absolute atomic E-state index is 12.9. The molecule has 1 saturated heterocycles. The zero-order valence-electron chi connectivity index (χ0n) is 13.9. The molecule has 0 N–H and O–H groups in total. The summed E-state index contributed by atoms with van der Waals surface area (Å²) in [4.78, 5) is 14.7. The lowest BCUT2D eigenvalue weighted by molar-refractivity contribution is -0.137. The molecule has 2 aliphatic rings. The van der Waals surface area contributed by atoms with Gasteiger partial charge in [0, 0.05) is 25.7 Å². The van der Waals surface area contributed by atoms with Gasteiger partial charge in [-0.05, 0) is 25.3 Å². The smallest absolute Gasteiger partial charge is 0.246 e. The van der Waals surface area contributed by atoms with Gasteiger partial charge >= 0.3 is 0 Å². The van der Waals surface area contributed by atoms with Crippen molar-refractivity contribution in [2.24, 2.45) is 0 Å². The molecule has 3 heterocycles. The first-order valence-electron chi connectivity index (χ1n) is 8.58. The number of carbonyl (C=O) groups is 1. The number of benzene rings is 1. The number of rotatable bonds is 3. The van der Waals surface area contributed by atoms with E-state index in [9.17, 15) is 4.79 Å². The number of hydrogen-bond donors (Lipinski definition) is 0. The van der Waals surface area contributed by atoms with Gasteiger partial charge in [-0.3, -0.25) is 4.79 Å². The molecular formula is C18H22N4O2. The maximum atomic E-state index is 12.9. The highest BCUT2D eigenvalue weighted by Crippen LogP contribution is 2.31. The van der Waals surface area contributed by atoms with Crippen LogP contribution in [0.5, 0.6) is 0 Å². The van der Waals surface area contributed by atoms with Crippen LogP contribution in [0.2, 0.25) is 0 Å². The Morgan fingerprint density at radius 1 is 1.17 bits per heavy atom. The fraction of sp³-hybridized carbons (Fsp3) is 0.500. The van der Waals surface area contributed by atoms with Crippen LogP contribution in [-0.4, -0.2) is 38.8 Å². The summed E-state index contributed by atoms with van der Waals surface area (Å²) in [6.07, 6.45) is 1.90. The Balaban J connectivity index is 1.59. The van der Waals surface area contributed by atoms with Crippen LogP contribution in [0.1, 0.15) is 48.9 Å². The van der Waals surface area contributed by atoms with Crippen LogP contribution in [0.25, 0.3) is 0 Å². The third-order valence-electron chi connectivity index (χ3n) is 4.98. The van der Waals surface area contributed by atoms with Crippen LogP contribution in [-0.2, 0) is 22.6 Å². The molecule has 6 nitrogen and oxygen atoms in total. The number of amides is 1. The molecule has 0 bridgehead atoms. The maximum Gasteiger partial charge on any atom is 0.246 e. The largest absolute Gasteiger partial charge is 0.381 e. The van der Waals surface area contributed by atoms with E-state index in [1.807, 2.05) is 42.2 Å². The van der Waals surface area contributed by atoms with Gasteiger partial charge in [-0.15, -0.1) is 10.2 Å². The van der Waals surface area contributed by atoms with E-state index in [1.54, 1.807) is 0 Å². The summed E-state index contributed by atoms with van der Waals surface area (Å²) in [6.45, 7) is 4.61. The van der Waals surface area contributed by atoms with Gasteiger partial charge in [0.1, 0.15) is 11.9 Å². The molecular weight excluding hydrogens is 304 g/mol. The van der Waals surface area contributed by atoms with Crippen LogP contribution in [0.3, 0.4) is 0 Å². The first kappa shape index (κ1) is 15.3. The van der Waals surface area contributed by atoms with Crippen LogP contribution in [0, 0.1) is 0 Å². The third-order valence-corrected chi connectivity index (χ3v) is 4.98. The van der Waals surface area contributed by atoms with Gasteiger partial charge in [-0.2, -0.15) is 0 Å². The highest BCUT2D eigenvalue weighted by Gasteiger charge is 2.35. The molecule has 0 aliphatic carbocycles. The number of carbonyl (C=O) groups excluding carboxylic acids is 1. The second-order valence-electron chi connectivity index (χ2n) is 6.59. The van der Waals surface area contributed by atoms with Crippen LogP contribution < -0.4 is 0 Å². The van der Waals surface area contributed by atoms with Gasteiger partial charge in [-0.25, -0.2) is 0 Å². The van der Waals surface area contributed by atoms with Gasteiger partial charge in [0.25, 0.3) is 0 Å². The molecule has 0 radical (unpaired) electrons. The van der Waals surface area contributed by atoms with E-state index in [4.69, 9.17) is 4.74 Å². The van der Waals surface area contributed by atoms with E-state index in [0.29, 0.717) is 19.0 Å². The van der Waals surface area contributed by atoms with Crippen molar-refractivity contribution in [3.8, 4) is 0 Å². The Morgan fingerprint density at radius 2 is 1.92 bits per heavy atom. The summed E-state index contributed by atoms with van der Waals surface area (Å²) >= 11 is 0. The van der Waals surface area contributed by atoms with Crippen molar-refractivity contribution in [2.45, 2.75) is 44.8 Å². The van der Waals surface area contributed by atoms with E-state index in [2.05, 4.69) is 14.8 Å². The van der Waals surface area contributed by atoms with Crippen molar-refractivity contribution in [1.82, 2.24) is 19.7 Å². The summed E-state index contributed by atoms with van der Waals surface area (Å²) in [6, 6.07) is 9.83. The first-order chi connectivity index (χ1) is 11.7. The summed E-state index contributed by atoms with van der Waals surface area (Å²) in [7, 11) is 0. The van der Waals surface area contributed by atoms with Crippen LogP contribution in [0.15, 0.2) is 30.3 Å². The monoisotopic (exact) mass is 326 g/mol. The highest BCUT2D eigenvalue weighted by molar-refractivity contribution is 5.81. The summed E-state index contributed by atoms with van der Waals surface area (Å²) in [5.74, 6) is 2.32. The number of nitrogens with zero attached hydrogens (tertiary/aromatic N) is 4. The molecule has 0 unspecified atom stereocenters. The third kappa shape index (κ3) is 2.71. The highest BCUT2D eigenvalue weighted by atomic mass is 16.5. The first-order valence-corrected chi connectivity index (χ1v) is 8.58. The SMILES string of the molecule is C[C@H]1C(=O)N(Cc2ccccc2)Cc2nnc(C3CCOCC3)n21. The average molecular weight is 326 g/mol. The van der Waals surface area contributed by atoms with E-state index >= 15 is 0 Å². The molecule has 0 spiro atoms. The minimum Gasteiger partial charge on any atom is -0.381 e. The minimum absolute atomic E-state index is 0.138. The zero-order chi connectivity index (χ0) is 16.5. The molecule has 6 heteroatoms. The Bertz CT molecular complexity index is 722. The zero-order valence-corrected chi connectivity index (χ0v) is 13.9. The van der Waals surface area contributed by atoms with Crippen molar-refractivity contribution >= 4 is 5.91 Å². The molecule has 0 saturated carbocycles. The molecule has 1 amide bonds. The van der Waals surface area contributed by atoms with E-state index in [1.165, 1.54) is 0 Å². The lowest BCUT2D eigenvalue weighted by Gasteiger charge is -2.33. The van der Waals surface area contributed by atoms with Gasteiger partial charge in [0.05, 0.1) is 6.54 Å². The van der Waals surface area contributed by atoms with Crippen molar-refractivity contribution in [3.63, 3.8) is 0 Å². The van der Waals surface area contributed by atoms with Crippen molar-refractivity contribution in [2.75, 3.05) is 13.2 Å². The fourth-order valence-electron chi connectivity index (χ4n) is 3.66. The Labute approximate surface area is 141 Å². The molecule has 2 aromatic rings. The molecule has 24 heavy (non-hydrogen) atoms. The molecule has 2 aliphatic heterocycles. The van der Waals surface area contributed by atoms with Gasteiger partial charge in [0.15, 0.2) is 5.82 Å². The topological polar surface area (TPSA) is 60.3 Å². The van der Waals surface area contributed by atoms with E-state index in [0.717, 1.165) is 43.3 Å². The summed E-state index contributed by atoms with van der Waals surface area (Å²) in [5, 5.41) is 8.81. The van der Waals surface area contributed by atoms with Crippen molar-refractivity contribution in [1.29, 1.82) is 0 Å². The van der Waals surface area contributed by atoms with Crippen molar-refractivity contribution in [3.05, 3.63) is 47.5 Å². The second kappa shape index (κ2) is 6.36. The van der Waals surface area contributed by atoms with E-state index in [-0.39, 0.29) is 11.9 Å². The number of aromatic nitrogens is 3. The normalized spacial score (nSPS) is 21.8. The Hall–Kier alpha value is -2.21. The number of hydrogen-bond acceptors (Lipinski definition) is 4. The molecule has 1 atom stereocenters. The van der Waals surface area contributed by atoms with Crippen molar-refractivity contribution < 1.29 is 9.53 Å². The minimum atomic E-state index is -0.245. The average Bonchev–Trinajstić information content (AvgIpc) is 3.05. The number of fused-ring (bicyclic) bond motifs is 1. The van der Waals surface area contributed by atoms with Gasteiger partial charge in [0.2, 0.25) is 5.91 Å². The lowest BCUT2D eigenvalue weighted by Crippen LogP contribution is -2.42. The number of ether oxygens (including phenoxy) is 1. The Morgan fingerprint density at radius 3 is 2.67 bits per heavy atom. The molecule has 1 aromatic carbocycles. The van der Waals surface area contributed by atoms with E-state index < -0.39 is 0 Å². The lowest BCUT2D eigenvalue weighted by atomic mass is 9.98. The quantitative estimate of drug-likeness (QED) is 0.868. The molecule has 4 rings (SSSR count). The Kier molecular flexibility index (Phi) is 4.06. The predicted octanol–water partition coefficient (Wildman–Crippen LogP) is 2.28. The molecule has 126 valence electrons. The van der Waals surface area contributed by atoms with Crippen LogP contribution >= 0.6 is 0 Å². The summed E-state index contributed by atoms with van der Waals surface area (Å²) < 4.78 is 7.50. The molecule has 1 fully saturated rings. The standard InChI is InChI=1S/C18H22N4O2/c1-13-18(23)21(11-14-5-3-2-4-6-14)12-16-19-20-17(22(13)16)15-7-9-24-10-8-15/h2-6,13,15H,7-12H2,1H3/t13-/m0/s1. The second-order valence-corrected chi connectivity index (χ2v) is 6.59. The van der Waals surface area contributed by atoms with Gasteiger partial charge in [-0.1, -0.05) is 30.3 Å².